The van der Waals surface area contributed by atoms with Crippen molar-refractivity contribution in [1.82, 2.24) is 0 Å². The van der Waals surface area contributed by atoms with Crippen LogP contribution in [0, 0.1) is 0 Å². The number of benzene rings is 2. The number of hydrogen-bond donors (Lipinski definition) is 1. The van der Waals surface area contributed by atoms with Crippen LogP contribution in [0.1, 0.15) is 26.3 Å². The lowest BCUT2D eigenvalue weighted by molar-refractivity contribution is -0.164. The first-order chi connectivity index (χ1) is 12.2. The van der Waals surface area contributed by atoms with Gasteiger partial charge in [-0.1, -0.05) is 46.3 Å². The summed E-state index contributed by atoms with van der Waals surface area (Å²) in [4.78, 5) is 24.7. The van der Waals surface area contributed by atoms with E-state index in [0.717, 1.165) is 10.0 Å². The fraction of sp³-hybridized carbons (Fsp3) is 0.300. The molecule has 2 aromatic rings. The second-order valence-corrected chi connectivity index (χ2v) is 7.66. The van der Waals surface area contributed by atoms with Crippen LogP contribution >= 0.6 is 15.9 Å². The van der Waals surface area contributed by atoms with E-state index in [1.54, 1.807) is 45.0 Å². The van der Waals surface area contributed by atoms with Crippen molar-refractivity contribution in [2.75, 3.05) is 5.32 Å². The molecule has 0 radical (unpaired) electrons. The van der Waals surface area contributed by atoms with Crippen LogP contribution in [0.15, 0.2) is 59.1 Å². The van der Waals surface area contributed by atoms with Gasteiger partial charge in [0.05, 0.1) is 0 Å². The van der Waals surface area contributed by atoms with Crippen LogP contribution in [0.4, 0.5) is 10.5 Å². The minimum absolute atomic E-state index is 0.240. The molecule has 0 fully saturated rings. The number of esters is 1. The van der Waals surface area contributed by atoms with Crippen molar-refractivity contribution in [1.29, 1.82) is 0 Å². The lowest BCUT2D eigenvalue weighted by Crippen LogP contribution is -2.37. The van der Waals surface area contributed by atoms with Crippen molar-refractivity contribution in [2.24, 2.45) is 0 Å². The molecule has 1 atom stereocenters. The van der Waals surface area contributed by atoms with E-state index in [9.17, 15) is 9.59 Å². The first kappa shape index (κ1) is 20.0. The molecule has 2 aromatic carbocycles. The normalized spacial score (nSPS) is 12.2. The second-order valence-electron chi connectivity index (χ2n) is 6.75. The standard InChI is InChI=1S/C20H22BrNO4/c1-20(2,3)26-18(23)17(13-14-7-5-4-6-8-14)25-19(24)22-16-11-9-15(21)10-12-16/h4-12,17H,13H2,1-3H3,(H,22,24)/t17-/m0/s1. The van der Waals surface area contributed by atoms with Crippen LogP contribution in [-0.2, 0) is 20.7 Å². The summed E-state index contributed by atoms with van der Waals surface area (Å²) in [5.41, 5.74) is 0.776. The molecule has 138 valence electrons. The molecule has 6 heteroatoms. The zero-order valence-corrected chi connectivity index (χ0v) is 16.6. The Hall–Kier alpha value is -2.34. The van der Waals surface area contributed by atoms with Gasteiger partial charge in [-0.2, -0.15) is 0 Å². The number of ether oxygens (including phenoxy) is 2. The van der Waals surface area contributed by atoms with Crippen molar-refractivity contribution in [3.8, 4) is 0 Å². The highest BCUT2D eigenvalue weighted by molar-refractivity contribution is 9.10. The van der Waals surface area contributed by atoms with Crippen molar-refractivity contribution in [3.05, 3.63) is 64.6 Å². The van der Waals surface area contributed by atoms with Crippen LogP contribution in [0.25, 0.3) is 0 Å². The molecule has 1 amide bonds. The van der Waals surface area contributed by atoms with E-state index in [1.807, 2.05) is 30.3 Å². The lowest BCUT2D eigenvalue weighted by atomic mass is 10.1. The molecule has 2 rings (SSSR count). The monoisotopic (exact) mass is 419 g/mol. The zero-order chi connectivity index (χ0) is 19.2. The number of anilines is 1. The number of rotatable bonds is 5. The molecule has 26 heavy (non-hydrogen) atoms. The van der Waals surface area contributed by atoms with Gasteiger partial charge < -0.3 is 9.47 Å². The van der Waals surface area contributed by atoms with Gasteiger partial charge in [0.25, 0.3) is 0 Å². The van der Waals surface area contributed by atoms with E-state index >= 15 is 0 Å². The second kappa shape index (κ2) is 8.85. The van der Waals surface area contributed by atoms with Gasteiger partial charge in [-0.05, 0) is 50.6 Å². The van der Waals surface area contributed by atoms with Crippen molar-refractivity contribution >= 4 is 33.7 Å². The predicted molar refractivity (Wildman–Crippen MR) is 104 cm³/mol. The minimum atomic E-state index is -1.04. The van der Waals surface area contributed by atoms with E-state index in [0.29, 0.717) is 5.69 Å². The average Bonchev–Trinajstić information content (AvgIpc) is 2.56. The molecule has 0 spiro atoms. The lowest BCUT2D eigenvalue weighted by Gasteiger charge is -2.24. The Kier molecular flexibility index (Phi) is 6.80. The van der Waals surface area contributed by atoms with E-state index in [-0.39, 0.29) is 6.42 Å². The maximum atomic E-state index is 12.5. The highest BCUT2D eigenvalue weighted by Gasteiger charge is 2.29. The summed E-state index contributed by atoms with van der Waals surface area (Å²) in [6.45, 7) is 5.31. The van der Waals surface area contributed by atoms with Gasteiger partial charge in [0.1, 0.15) is 5.60 Å². The molecule has 0 unspecified atom stereocenters. The van der Waals surface area contributed by atoms with Crippen LogP contribution in [0.3, 0.4) is 0 Å². The van der Waals surface area contributed by atoms with Crippen LogP contribution in [0.2, 0.25) is 0 Å². The number of carbonyl (C=O) groups excluding carboxylic acids is 2. The molecule has 0 aliphatic heterocycles. The summed E-state index contributed by atoms with van der Waals surface area (Å²) in [5.74, 6) is -0.577. The van der Waals surface area contributed by atoms with Crippen LogP contribution < -0.4 is 5.32 Å². The van der Waals surface area contributed by atoms with Crippen LogP contribution in [-0.4, -0.2) is 23.8 Å². The molecule has 0 aliphatic carbocycles. The third kappa shape index (κ3) is 6.88. The molecular weight excluding hydrogens is 398 g/mol. The highest BCUT2D eigenvalue weighted by atomic mass is 79.9. The number of halogens is 1. The Balaban J connectivity index is 2.07. The Morgan fingerprint density at radius 3 is 2.23 bits per heavy atom. The Morgan fingerprint density at radius 1 is 1.04 bits per heavy atom. The minimum Gasteiger partial charge on any atom is -0.457 e. The summed E-state index contributed by atoms with van der Waals surface area (Å²) in [6, 6.07) is 16.4. The summed E-state index contributed by atoms with van der Waals surface area (Å²) in [5, 5.41) is 2.61. The van der Waals surface area contributed by atoms with Crippen molar-refractivity contribution in [2.45, 2.75) is 38.9 Å². The van der Waals surface area contributed by atoms with Crippen molar-refractivity contribution in [3.63, 3.8) is 0 Å². The SMILES string of the molecule is CC(C)(C)OC(=O)[C@H](Cc1ccccc1)OC(=O)Nc1ccc(Br)cc1. The van der Waals surface area contributed by atoms with Gasteiger partial charge >= 0.3 is 12.1 Å². The van der Waals surface area contributed by atoms with E-state index in [2.05, 4.69) is 21.2 Å². The van der Waals surface area contributed by atoms with Gasteiger partial charge in [-0.25, -0.2) is 9.59 Å². The Labute approximate surface area is 161 Å². The molecule has 1 N–H and O–H groups in total. The average molecular weight is 420 g/mol. The Morgan fingerprint density at radius 2 is 1.65 bits per heavy atom. The van der Waals surface area contributed by atoms with Gasteiger partial charge in [-0.3, -0.25) is 5.32 Å². The van der Waals surface area contributed by atoms with E-state index in [1.165, 1.54) is 0 Å². The number of nitrogens with one attached hydrogen (secondary N) is 1. The van der Waals surface area contributed by atoms with Gasteiger partial charge in [0, 0.05) is 16.6 Å². The summed E-state index contributed by atoms with van der Waals surface area (Å²) >= 11 is 3.33. The summed E-state index contributed by atoms with van der Waals surface area (Å²) < 4.78 is 11.6. The molecule has 0 aromatic heterocycles. The molecule has 5 nitrogen and oxygen atoms in total. The number of hydrogen-bond acceptors (Lipinski definition) is 4. The third-order valence-corrected chi connectivity index (χ3v) is 3.80. The van der Waals surface area contributed by atoms with Gasteiger partial charge in [0.2, 0.25) is 6.10 Å². The first-order valence-electron chi connectivity index (χ1n) is 8.23. The molecule has 0 bridgehead atoms. The first-order valence-corrected chi connectivity index (χ1v) is 9.02. The third-order valence-electron chi connectivity index (χ3n) is 3.27. The van der Waals surface area contributed by atoms with Gasteiger partial charge in [0.15, 0.2) is 0 Å². The molecular formula is C20H22BrNO4. The van der Waals surface area contributed by atoms with Gasteiger partial charge in [-0.15, -0.1) is 0 Å². The molecule has 0 saturated heterocycles. The fourth-order valence-electron chi connectivity index (χ4n) is 2.18. The number of amides is 1. The summed E-state index contributed by atoms with van der Waals surface area (Å²) in [7, 11) is 0. The molecule has 0 aliphatic rings. The highest BCUT2D eigenvalue weighted by Crippen LogP contribution is 2.17. The predicted octanol–water partition coefficient (Wildman–Crippen LogP) is 4.95. The van der Waals surface area contributed by atoms with Crippen LogP contribution in [0.5, 0.6) is 0 Å². The zero-order valence-electron chi connectivity index (χ0n) is 15.0. The molecule has 0 saturated carbocycles. The number of carbonyl (C=O) groups is 2. The van der Waals surface area contributed by atoms with Crippen molar-refractivity contribution < 1.29 is 19.1 Å². The van der Waals surface area contributed by atoms with E-state index < -0.39 is 23.8 Å². The smallest absolute Gasteiger partial charge is 0.412 e. The molecule has 0 heterocycles. The van der Waals surface area contributed by atoms with E-state index in [4.69, 9.17) is 9.47 Å². The topological polar surface area (TPSA) is 64.6 Å². The maximum Gasteiger partial charge on any atom is 0.412 e. The summed E-state index contributed by atoms with van der Waals surface area (Å²) in [6.07, 6.45) is -1.50. The fourth-order valence-corrected chi connectivity index (χ4v) is 2.44. The quantitative estimate of drug-likeness (QED) is 0.696. The maximum absolute atomic E-state index is 12.5. The largest absolute Gasteiger partial charge is 0.457 e. The Bertz CT molecular complexity index is 739.